The number of hydrogen-bond donors (Lipinski definition) is 2. The van der Waals surface area contributed by atoms with Gasteiger partial charge < -0.3 is 10.3 Å². The molecule has 0 aliphatic rings. The highest BCUT2D eigenvalue weighted by atomic mass is 35.5. The van der Waals surface area contributed by atoms with Crippen LogP contribution in [0.3, 0.4) is 0 Å². The average Bonchev–Trinajstić information content (AvgIpc) is 2.55. The number of aromatic nitrogens is 3. The van der Waals surface area contributed by atoms with Crippen molar-refractivity contribution in [3.63, 3.8) is 0 Å². The molecule has 2 heterocycles. The summed E-state index contributed by atoms with van der Waals surface area (Å²) in [5.41, 5.74) is 0.995. The normalized spacial score (nSPS) is 12.0. The highest BCUT2D eigenvalue weighted by Gasteiger charge is 2.15. The first-order valence-corrected chi connectivity index (χ1v) is 7.79. The van der Waals surface area contributed by atoms with Gasteiger partial charge >= 0.3 is 0 Å². The molecule has 0 aliphatic heterocycles. The summed E-state index contributed by atoms with van der Waals surface area (Å²) in [4.78, 5) is 23.1. The van der Waals surface area contributed by atoms with E-state index in [9.17, 15) is 9.18 Å². The van der Waals surface area contributed by atoms with E-state index in [1.807, 2.05) is 6.07 Å². The van der Waals surface area contributed by atoms with Gasteiger partial charge in [0.15, 0.2) is 0 Å². The zero-order valence-electron chi connectivity index (χ0n) is 13.4. The number of aryl methyl sites for hydroxylation is 1. The van der Waals surface area contributed by atoms with Gasteiger partial charge in [-0.2, -0.15) is 5.26 Å². The summed E-state index contributed by atoms with van der Waals surface area (Å²) >= 11 is 5.88. The molecule has 3 aromatic rings. The number of fused-ring (bicyclic) bond motifs is 1. The van der Waals surface area contributed by atoms with Crippen LogP contribution in [0.4, 0.5) is 10.3 Å². The fraction of sp³-hybridized carbons (Fsp3) is 0.176. The maximum Gasteiger partial charge on any atom is 0.253 e. The molecule has 0 bridgehead atoms. The lowest BCUT2D eigenvalue weighted by molar-refractivity contribution is 0.636. The van der Waals surface area contributed by atoms with Gasteiger partial charge in [0.2, 0.25) is 5.95 Å². The van der Waals surface area contributed by atoms with Gasteiger partial charge in [-0.15, -0.1) is 0 Å². The first-order chi connectivity index (χ1) is 11.9. The first kappa shape index (κ1) is 16.9. The lowest BCUT2D eigenvalue weighted by Gasteiger charge is -2.14. The molecule has 0 saturated heterocycles. The van der Waals surface area contributed by atoms with Crippen LogP contribution in [0.15, 0.2) is 29.2 Å². The molecule has 2 N–H and O–H groups in total. The molecule has 8 heteroatoms. The van der Waals surface area contributed by atoms with E-state index in [0.29, 0.717) is 28.2 Å². The second-order valence-electron chi connectivity index (χ2n) is 5.58. The van der Waals surface area contributed by atoms with E-state index in [4.69, 9.17) is 16.9 Å². The number of anilines is 1. The van der Waals surface area contributed by atoms with E-state index in [1.54, 1.807) is 26.0 Å². The number of nitrogens with zero attached hydrogens (tertiary/aromatic N) is 3. The Labute approximate surface area is 147 Å². The highest BCUT2D eigenvalue weighted by molar-refractivity contribution is 6.31. The number of halogens is 2. The van der Waals surface area contributed by atoms with Gasteiger partial charge in [-0.1, -0.05) is 11.6 Å². The number of H-pyrrole nitrogens is 1. The Morgan fingerprint density at radius 1 is 1.40 bits per heavy atom. The number of nitriles is 1. The molecule has 0 fully saturated rings. The van der Waals surface area contributed by atoms with Crippen molar-refractivity contribution >= 4 is 28.5 Å². The monoisotopic (exact) mass is 357 g/mol. The van der Waals surface area contributed by atoms with Crippen molar-refractivity contribution in [3.05, 3.63) is 62.4 Å². The van der Waals surface area contributed by atoms with Crippen LogP contribution in [0.2, 0.25) is 5.02 Å². The molecule has 0 spiro atoms. The van der Waals surface area contributed by atoms with Crippen molar-refractivity contribution in [1.82, 2.24) is 15.0 Å². The fourth-order valence-corrected chi connectivity index (χ4v) is 2.71. The Morgan fingerprint density at radius 3 is 2.84 bits per heavy atom. The minimum absolute atomic E-state index is 0.107. The third-order valence-electron chi connectivity index (χ3n) is 3.81. The zero-order valence-corrected chi connectivity index (χ0v) is 14.1. The van der Waals surface area contributed by atoms with Gasteiger partial charge in [-0.25, -0.2) is 14.4 Å². The third-order valence-corrected chi connectivity index (χ3v) is 4.03. The predicted octanol–water partition coefficient (Wildman–Crippen LogP) is 3.46. The standard InChI is InChI=1S/C17H13ClFN5O/c1-8-11(6-20)7-21-17(22-8)23-9(2)13-4-10-3-12(18)5-14(19)15(10)24-16(13)25/h3-5,7,9H,1-2H3,(H,24,25)(H,21,22,23)/t9-/m0/s1. The van der Waals surface area contributed by atoms with E-state index in [-0.39, 0.29) is 10.5 Å². The quantitative estimate of drug-likeness (QED) is 0.748. The van der Waals surface area contributed by atoms with Crippen LogP contribution in [0.25, 0.3) is 10.9 Å². The summed E-state index contributed by atoms with van der Waals surface area (Å²) in [7, 11) is 0. The molecule has 0 saturated carbocycles. The predicted molar refractivity (Wildman–Crippen MR) is 93.1 cm³/mol. The van der Waals surface area contributed by atoms with Gasteiger partial charge in [0.05, 0.1) is 29.0 Å². The number of hydrogen-bond acceptors (Lipinski definition) is 5. The van der Waals surface area contributed by atoms with Crippen LogP contribution in [0.5, 0.6) is 0 Å². The van der Waals surface area contributed by atoms with Crippen molar-refractivity contribution < 1.29 is 4.39 Å². The van der Waals surface area contributed by atoms with Crippen LogP contribution in [0.1, 0.15) is 29.8 Å². The molecular weight excluding hydrogens is 345 g/mol. The van der Waals surface area contributed by atoms with Gasteiger partial charge in [-0.3, -0.25) is 4.79 Å². The molecular formula is C17H13ClFN5O. The molecule has 0 radical (unpaired) electrons. The summed E-state index contributed by atoms with van der Waals surface area (Å²) in [6, 6.07) is 5.86. The Kier molecular flexibility index (Phi) is 4.38. The topological polar surface area (TPSA) is 94.5 Å². The summed E-state index contributed by atoms with van der Waals surface area (Å²) < 4.78 is 13.9. The van der Waals surface area contributed by atoms with Crippen LogP contribution in [-0.2, 0) is 0 Å². The Bertz CT molecular complexity index is 1070. The van der Waals surface area contributed by atoms with E-state index in [1.165, 1.54) is 6.20 Å². The number of aromatic amines is 1. The molecule has 1 aromatic carbocycles. The number of benzene rings is 1. The van der Waals surface area contributed by atoms with Crippen molar-refractivity contribution in [2.75, 3.05) is 5.32 Å². The largest absolute Gasteiger partial charge is 0.347 e. The van der Waals surface area contributed by atoms with Crippen LogP contribution >= 0.6 is 11.6 Å². The summed E-state index contributed by atoms with van der Waals surface area (Å²) in [6.45, 7) is 3.46. The first-order valence-electron chi connectivity index (χ1n) is 7.41. The highest BCUT2D eigenvalue weighted by Crippen LogP contribution is 2.23. The minimum atomic E-state index is -0.585. The molecule has 0 aliphatic carbocycles. The molecule has 2 aromatic heterocycles. The van der Waals surface area contributed by atoms with Crippen molar-refractivity contribution in [2.45, 2.75) is 19.9 Å². The van der Waals surface area contributed by atoms with Gasteiger partial charge in [0, 0.05) is 16.0 Å². The molecule has 0 unspecified atom stereocenters. The van der Waals surface area contributed by atoms with E-state index >= 15 is 0 Å². The maximum atomic E-state index is 13.9. The van der Waals surface area contributed by atoms with E-state index < -0.39 is 17.4 Å². The lowest BCUT2D eigenvalue weighted by atomic mass is 10.1. The molecule has 6 nitrogen and oxygen atoms in total. The SMILES string of the molecule is Cc1nc(N[C@@H](C)c2cc3cc(Cl)cc(F)c3[nH]c2=O)ncc1C#N. The van der Waals surface area contributed by atoms with E-state index in [0.717, 1.165) is 6.07 Å². The summed E-state index contributed by atoms with van der Waals surface area (Å²) in [5, 5.41) is 12.7. The smallest absolute Gasteiger partial charge is 0.253 e. The Balaban J connectivity index is 1.98. The average molecular weight is 358 g/mol. The lowest BCUT2D eigenvalue weighted by Crippen LogP contribution is -2.20. The molecule has 1 atom stereocenters. The number of rotatable bonds is 3. The molecule has 0 amide bonds. The second-order valence-corrected chi connectivity index (χ2v) is 6.01. The Morgan fingerprint density at radius 2 is 2.16 bits per heavy atom. The van der Waals surface area contributed by atoms with Gasteiger partial charge in [-0.05, 0) is 32.0 Å². The second kappa shape index (κ2) is 6.49. The van der Waals surface area contributed by atoms with Crippen LogP contribution < -0.4 is 10.9 Å². The maximum absolute atomic E-state index is 13.9. The molecule has 126 valence electrons. The molecule has 25 heavy (non-hydrogen) atoms. The van der Waals surface area contributed by atoms with Crippen molar-refractivity contribution in [1.29, 1.82) is 5.26 Å². The van der Waals surface area contributed by atoms with Crippen molar-refractivity contribution in [2.24, 2.45) is 0 Å². The van der Waals surface area contributed by atoms with E-state index in [2.05, 4.69) is 20.3 Å². The summed E-state index contributed by atoms with van der Waals surface area (Å²) in [5.74, 6) is -0.293. The minimum Gasteiger partial charge on any atom is -0.347 e. The van der Waals surface area contributed by atoms with Crippen LogP contribution in [0, 0.1) is 24.1 Å². The molecule has 3 rings (SSSR count). The summed E-state index contributed by atoms with van der Waals surface area (Å²) in [6.07, 6.45) is 1.41. The third kappa shape index (κ3) is 3.30. The van der Waals surface area contributed by atoms with Gasteiger partial charge in [0.1, 0.15) is 11.9 Å². The van der Waals surface area contributed by atoms with Crippen molar-refractivity contribution in [3.8, 4) is 6.07 Å². The van der Waals surface area contributed by atoms with Gasteiger partial charge in [0.25, 0.3) is 5.56 Å². The Hall–Kier alpha value is -2.98. The zero-order chi connectivity index (χ0) is 18.1. The van der Waals surface area contributed by atoms with Crippen LogP contribution in [-0.4, -0.2) is 15.0 Å². The fourth-order valence-electron chi connectivity index (χ4n) is 2.50. The number of pyridine rings is 1. The number of nitrogens with one attached hydrogen (secondary N) is 2.